The Balaban J connectivity index is 2.09. The molecule has 19 heavy (non-hydrogen) atoms. The van der Waals surface area contributed by atoms with Crippen LogP contribution in [0.4, 0.5) is 0 Å². The van der Waals surface area contributed by atoms with Gasteiger partial charge in [-0.25, -0.2) is 4.98 Å². The molecule has 0 spiro atoms. The lowest BCUT2D eigenvalue weighted by molar-refractivity contribution is 0.0682. The summed E-state index contributed by atoms with van der Waals surface area (Å²) in [6.45, 7) is 7.73. The van der Waals surface area contributed by atoms with Gasteiger partial charge in [0.25, 0.3) is 5.91 Å². The van der Waals surface area contributed by atoms with Gasteiger partial charge >= 0.3 is 0 Å². The van der Waals surface area contributed by atoms with Gasteiger partial charge in [0.15, 0.2) is 0 Å². The monoisotopic (exact) mass is 262 g/mol. The molecule has 0 bridgehead atoms. The number of aryl methyl sites for hydroxylation is 1. The molecule has 2 heterocycles. The van der Waals surface area contributed by atoms with E-state index in [1.54, 1.807) is 12.4 Å². The molecule has 1 aromatic rings. The van der Waals surface area contributed by atoms with Gasteiger partial charge in [0.1, 0.15) is 5.69 Å². The Kier molecular flexibility index (Phi) is 4.47. The molecule has 0 aliphatic carbocycles. The van der Waals surface area contributed by atoms with Crippen LogP contribution in [0, 0.1) is 6.92 Å². The van der Waals surface area contributed by atoms with Gasteiger partial charge in [-0.1, -0.05) is 0 Å². The van der Waals surface area contributed by atoms with Crippen molar-refractivity contribution in [1.82, 2.24) is 20.2 Å². The van der Waals surface area contributed by atoms with E-state index in [2.05, 4.69) is 15.3 Å². The van der Waals surface area contributed by atoms with Crippen LogP contribution in [-0.2, 0) is 0 Å². The maximum absolute atomic E-state index is 12.5. The lowest BCUT2D eigenvalue weighted by Crippen LogP contribution is -2.45. The minimum atomic E-state index is -0.0313. The fourth-order valence-electron chi connectivity index (χ4n) is 2.33. The highest BCUT2D eigenvalue weighted by atomic mass is 16.2. The predicted molar refractivity (Wildman–Crippen MR) is 74.0 cm³/mol. The molecule has 1 atom stereocenters. The van der Waals surface area contributed by atoms with Gasteiger partial charge in [0.2, 0.25) is 0 Å². The Bertz CT molecular complexity index is 424. The minimum absolute atomic E-state index is 0.0313. The second-order valence-electron chi connectivity index (χ2n) is 5.39. The summed E-state index contributed by atoms with van der Waals surface area (Å²) in [5, 5.41) is 3.43. The molecule has 104 valence electrons. The maximum Gasteiger partial charge on any atom is 0.274 e. The minimum Gasteiger partial charge on any atom is -0.333 e. The zero-order valence-electron chi connectivity index (χ0n) is 11.9. The molecule has 1 aliphatic rings. The summed E-state index contributed by atoms with van der Waals surface area (Å²) < 4.78 is 0. The summed E-state index contributed by atoms with van der Waals surface area (Å²) in [6.07, 6.45) is 5.53. The van der Waals surface area contributed by atoms with Gasteiger partial charge in [-0.3, -0.25) is 9.78 Å². The average molecular weight is 262 g/mol. The number of rotatable bonds is 4. The molecule has 1 unspecified atom stereocenters. The number of aromatic nitrogens is 2. The number of nitrogens with one attached hydrogen (secondary N) is 1. The third-order valence-corrected chi connectivity index (χ3v) is 3.46. The smallest absolute Gasteiger partial charge is 0.274 e. The van der Waals surface area contributed by atoms with Crippen molar-refractivity contribution in [2.45, 2.75) is 45.7 Å². The third-order valence-electron chi connectivity index (χ3n) is 3.46. The van der Waals surface area contributed by atoms with Crippen LogP contribution in [0.1, 0.15) is 42.9 Å². The Morgan fingerprint density at radius 3 is 2.79 bits per heavy atom. The van der Waals surface area contributed by atoms with Crippen LogP contribution in [0.25, 0.3) is 0 Å². The van der Waals surface area contributed by atoms with Gasteiger partial charge in [0.05, 0.1) is 11.9 Å². The van der Waals surface area contributed by atoms with Gasteiger partial charge in [-0.2, -0.15) is 0 Å². The Hall–Kier alpha value is -1.49. The molecule has 0 radical (unpaired) electrons. The maximum atomic E-state index is 12.5. The topological polar surface area (TPSA) is 58.1 Å². The van der Waals surface area contributed by atoms with Crippen molar-refractivity contribution in [3.05, 3.63) is 23.8 Å². The van der Waals surface area contributed by atoms with E-state index in [1.165, 1.54) is 6.42 Å². The molecule has 0 aromatic carbocycles. The standard InChI is InChI=1S/C14H22N4O/c1-10(2)18(9-12-5-4-6-15-12)14(19)13-8-16-11(3)7-17-13/h7-8,10,12,15H,4-6,9H2,1-3H3. The van der Waals surface area contributed by atoms with E-state index in [0.717, 1.165) is 25.2 Å². The highest BCUT2D eigenvalue weighted by Gasteiger charge is 2.25. The second-order valence-corrected chi connectivity index (χ2v) is 5.39. The number of hydrogen-bond acceptors (Lipinski definition) is 4. The Morgan fingerprint density at radius 1 is 1.47 bits per heavy atom. The summed E-state index contributed by atoms with van der Waals surface area (Å²) >= 11 is 0. The molecule has 5 heteroatoms. The fourth-order valence-corrected chi connectivity index (χ4v) is 2.33. The highest BCUT2D eigenvalue weighted by Crippen LogP contribution is 2.12. The number of carbonyl (C=O) groups is 1. The highest BCUT2D eigenvalue weighted by molar-refractivity contribution is 5.92. The van der Waals surface area contributed by atoms with E-state index >= 15 is 0 Å². The lowest BCUT2D eigenvalue weighted by Gasteiger charge is -2.29. The summed E-state index contributed by atoms with van der Waals surface area (Å²) in [4.78, 5) is 22.7. The lowest BCUT2D eigenvalue weighted by atomic mass is 10.2. The van der Waals surface area contributed by atoms with E-state index in [0.29, 0.717) is 11.7 Å². The Labute approximate surface area is 114 Å². The molecule has 1 saturated heterocycles. The number of carbonyl (C=O) groups excluding carboxylic acids is 1. The molecular formula is C14H22N4O. The van der Waals surface area contributed by atoms with Crippen molar-refractivity contribution in [3.8, 4) is 0 Å². The molecule has 5 nitrogen and oxygen atoms in total. The van der Waals surface area contributed by atoms with Gasteiger partial charge in [0, 0.05) is 24.8 Å². The van der Waals surface area contributed by atoms with E-state index in [-0.39, 0.29) is 11.9 Å². The molecule has 0 saturated carbocycles. The molecule has 1 amide bonds. The van der Waals surface area contributed by atoms with E-state index in [1.807, 2.05) is 25.7 Å². The quantitative estimate of drug-likeness (QED) is 0.891. The normalized spacial score (nSPS) is 18.8. The first kappa shape index (κ1) is 13.9. The SMILES string of the molecule is Cc1cnc(C(=O)N(CC2CCCN2)C(C)C)cn1. The average Bonchev–Trinajstić information content (AvgIpc) is 2.88. The molecule has 1 N–H and O–H groups in total. The largest absolute Gasteiger partial charge is 0.333 e. The van der Waals surface area contributed by atoms with Crippen LogP contribution in [0.15, 0.2) is 12.4 Å². The van der Waals surface area contributed by atoms with Crippen molar-refractivity contribution < 1.29 is 4.79 Å². The van der Waals surface area contributed by atoms with Crippen molar-refractivity contribution in [3.63, 3.8) is 0 Å². The third kappa shape index (κ3) is 3.50. The van der Waals surface area contributed by atoms with Crippen LogP contribution in [0.2, 0.25) is 0 Å². The summed E-state index contributed by atoms with van der Waals surface area (Å²) in [5.74, 6) is -0.0313. The number of nitrogens with zero attached hydrogens (tertiary/aromatic N) is 3. The van der Waals surface area contributed by atoms with Crippen LogP contribution in [-0.4, -0.2) is 45.9 Å². The van der Waals surface area contributed by atoms with Crippen molar-refractivity contribution in [2.75, 3.05) is 13.1 Å². The summed E-state index contributed by atoms with van der Waals surface area (Å²) in [7, 11) is 0. The fraction of sp³-hybridized carbons (Fsp3) is 0.643. The molecule has 2 rings (SSSR count). The first-order chi connectivity index (χ1) is 9.08. The van der Waals surface area contributed by atoms with Crippen LogP contribution in [0.5, 0.6) is 0 Å². The summed E-state index contributed by atoms with van der Waals surface area (Å²) in [6, 6.07) is 0.572. The number of hydrogen-bond donors (Lipinski definition) is 1. The van der Waals surface area contributed by atoms with E-state index in [4.69, 9.17) is 0 Å². The van der Waals surface area contributed by atoms with Crippen LogP contribution < -0.4 is 5.32 Å². The van der Waals surface area contributed by atoms with Crippen LogP contribution in [0.3, 0.4) is 0 Å². The van der Waals surface area contributed by atoms with Crippen LogP contribution >= 0.6 is 0 Å². The van der Waals surface area contributed by atoms with Crippen molar-refractivity contribution >= 4 is 5.91 Å². The first-order valence-electron chi connectivity index (χ1n) is 6.91. The Morgan fingerprint density at radius 2 is 2.26 bits per heavy atom. The predicted octanol–water partition coefficient (Wildman–Crippen LogP) is 1.39. The zero-order chi connectivity index (χ0) is 13.8. The zero-order valence-corrected chi connectivity index (χ0v) is 11.9. The molecule has 1 aliphatic heterocycles. The van der Waals surface area contributed by atoms with Gasteiger partial charge < -0.3 is 10.2 Å². The van der Waals surface area contributed by atoms with Crippen molar-refractivity contribution in [1.29, 1.82) is 0 Å². The van der Waals surface area contributed by atoms with Gasteiger partial charge in [-0.15, -0.1) is 0 Å². The van der Waals surface area contributed by atoms with E-state index < -0.39 is 0 Å². The summed E-state index contributed by atoms with van der Waals surface area (Å²) in [5.41, 5.74) is 1.25. The second kappa shape index (κ2) is 6.10. The van der Waals surface area contributed by atoms with E-state index in [9.17, 15) is 4.79 Å². The van der Waals surface area contributed by atoms with Crippen molar-refractivity contribution in [2.24, 2.45) is 0 Å². The number of amides is 1. The molecule has 1 aromatic heterocycles. The first-order valence-corrected chi connectivity index (χ1v) is 6.91. The molecular weight excluding hydrogens is 240 g/mol. The van der Waals surface area contributed by atoms with Gasteiger partial charge in [-0.05, 0) is 40.2 Å². The molecule has 1 fully saturated rings.